The molecule has 0 unspecified atom stereocenters. The summed E-state index contributed by atoms with van der Waals surface area (Å²) in [5, 5.41) is 0. The van der Waals surface area contributed by atoms with Crippen LogP contribution in [-0.2, 0) is 11.3 Å². The molecular weight excluding hydrogens is 350 g/mol. The molecule has 0 radical (unpaired) electrons. The SMILES string of the molecule is CC(=O)N1CCN(Cc2c(-c3ccc(C)c(C)c3)nc3ccc(N)cn23)CC1. The van der Waals surface area contributed by atoms with Crippen LogP contribution in [0.3, 0.4) is 0 Å². The lowest BCUT2D eigenvalue weighted by Crippen LogP contribution is -2.47. The fraction of sp³-hybridized carbons (Fsp3) is 0.364. The van der Waals surface area contributed by atoms with Crippen LogP contribution in [0.1, 0.15) is 23.7 Å². The van der Waals surface area contributed by atoms with Crippen LogP contribution in [0.15, 0.2) is 36.5 Å². The molecule has 0 aliphatic carbocycles. The number of fused-ring (bicyclic) bond motifs is 1. The second kappa shape index (κ2) is 7.28. The first-order chi connectivity index (χ1) is 13.4. The number of pyridine rings is 1. The molecule has 1 aromatic carbocycles. The van der Waals surface area contributed by atoms with Gasteiger partial charge < -0.3 is 15.0 Å². The van der Waals surface area contributed by atoms with E-state index in [0.717, 1.165) is 61.0 Å². The first kappa shape index (κ1) is 18.5. The Bertz CT molecular complexity index is 1030. The molecule has 2 N–H and O–H groups in total. The van der Waals surface area contributed by atoms with E-state index in [0.29, 0.717) is 0 Å². The smallest absolute Gasteiger partial charge is 0.219 e. The van der Waals surface area contributed by atoms with Gasteiger partial charge in [0.1, 0.15) is 5.65 Å². The number of nitrogens with two attached hydrogens (primary N) is 1. The standard InChI is InChI=1S/C22H27N5O/c1-15-4-5-18(12-16(15)2)22-20(27-13-19(23)6-7-21(27)24-22)14-25-8-10-26(11-9-25)17(3)28/h4-7,12-13H,8-11,14,23H2,1-3H3. The molecule has 0 spiro atoms. The molecule has 1 fully saturated rings. The predicted molar refractivity (Wildman–Crippen MR) is 112 cm³/mol. The summed E-state index contributed by atoms with van der Waals surface area (Å²) < 4.78 is 2.11. The lowest BCUT2D eigenvalue weighted by molar-refractivity contribution is -0.130. The van der Waals surface area contributed by atoms with Gasteiger partial charge in [-0.3, -0.25) is 9.69 Å². The van der Waals surface area contributed by atoms with Crippen molar-refractivity contribution in [3.8, 4) is 11.3 Å². The second-order valence-electron chi connectivity index (χ2n) is 7.68. The topological polar surface area (TPSA) is 66.9 Å². The van der Waals surface area contributed by atoms with Gasteiger partial charge in [-0.1, -0.05) is 12.1 Å². The van der Waals surface area contributed by atoms with E-state index in [4.69, 9.17) is 10.7 Å². The van der Waals surface area contributed by atoms with Crippen LogP contribution in [-0.4, -0.2) is 51.3 Å². The van der Waals surface area contributed by atoms with Gasteiger partial charge in [-0.15, -0.1) is 0 Å². The first-order valence-electron chi connectivity index (χ1n) is 9.74. The molecule has 0 atom stereocenters. The number of rotatable bonds is 3. The number of carbonyl (C=O) groups is 1. The van der Waals surface area contributed by atoms with E-state index in [2.05, 4.69) is 41.3 Å². The van der Waals surface area contributed by atoms with Crippen molar-refractivity contribution in [1.82, 2.24) is 19.2 Å². The van der Waals surface area contributed by atoms with E-state index >= 15 is 0 Å². The van der Waals surface area contributed by atoms with Crippen molar-refractivity contribution in [2.24, 2.45) is 0 Å². The normalized spacial score (nSPS) is 15.3. The monoisotopic (exact) mass is 377 g/mol. The molecule has 1 saturated heterocycles. The molecule has 0 saturated carbocycles. The van der Waals surface area contributed by atoms with Gasteiger partial charge in [0.05, 0.1) is 11.4 Å². The van der Waals surface area contributed by atoms with Crippen molar-refractivity contribution < 1.29 is 4.79 Å². The quantitative estimate of drug-likeness (QED) is 0.762. The highest BCUT2D eigenvalue weighted by atomic mass is 16.2. The number of piperazine rings is 1. The van der Waals surface area contributed by atoms with Gasteiger partial charge in [0, 0.05) is 57.1 Å². The van der Waals surface area contributed by atoms with Gasteiger partial charge >= 0.3 is 0 Å². The summed E-state index contributed by atoms with van der Waals surface area (Å²) in [4.78, 5) is 20.8. The van der Waals surface area contributed by atoms with Crippen molar-refractivity contribution in [2.75, 3.05) is 31.9 Å². The van der Waals surface area contributed by atoms with Crippen LogP contribution < -0.4 is 5.73 Å². The van der Waals surface area contributed by atoms with E-state index in [1.807, 2.05) is 23.2 Å². The summed E-state index contributed by atoms with van der Waals surface area (Å²) in [7, 11) is 0. The van der Waals surface area contributed by atoms with Gasteiger partial charge in [0.25, 0.3) is 0 Å². The van der Waals surface area contributed by atoms with Crippen molar-refractivity contribution in [1.29, 1.82) is 0 Å². The van der Waals surface area contributed by atoms with Crippen molar-refractivity contribution in [3.63, 3.8) is 0 Å². The lowest BCUT2D eigenvalue weighted by Gasteiger charge is -2.34. The maximum Gasteiger partial charge on any atom is 0.219 e. The van der Waals surface area contributed by atoms with Crippen molar-refractivity contribution >= 4 is 17.2 Å². The third kappa shape index (κ3) is 3.47. The maximum absolute atomic E-state index is 11.6. The zero-order valence-corrected chi connectivity index (χ0v) is 16.8. The molecule has 3 aromatic rings. The van der Waals surface area contributed by atoms with Gasteiger partial charge in [-0.2, -0.15) is 0 Å². The number of imidazole rings is 1. The number of hydrogen-bond donors (Lipinski definition) is 1. The highest BCUT2D eigenvalue weighted by Crippen LogP contribution is 2.28. The molecule has 6 heteroatoms. The van der Waals surface area contributed by atoms with E-state index in [-0.39, 0.29) is 5.91 Å². The van der Waals surface area contributed by atoms with Gasteiger partial charge in [-0.25, -0.2) is 4.98 Å². The Hall–Kier alpha value is -2.86. The Labute approximate surface area is 165 Å². The summed E-state index contributed by atoms with van der Waals surface area (Å²) in [5.74, 6) is 0.151. The Morgan fingerprint density at radius 1 is 1.07 bits per heavy atom. The Morgan fingerprint density at radius 3 is 2.50 bits per heavy atom. The molecule has 4 rings (SSSR count). The minimum absolute atomic E-state index is 0.151. The third-order valence-electron chi connectivity index (χ3n) is 5.71. The largest absolute Gasteiger partial charge is 0.398 e. The summed E-state index contributed by atoms with van der Waals surface area (Å²) in [5.41, 5.74) is 13.5. The Balaban J connectivity index is 1.72. The maximum atomic E-state index is 11.6. The third-order valence-corrected chi connectivity index (χ3v) is 5.71. The average Bonchev–Trinajstić information content (AvgIpc) is 3.02. The van der Waals surface area contributed by atoms with E-state index in [1.54, 1.807) is 6.92 Å². The fourth-order valence-electron chi connectivity index (χ4n) is 3.81. The first-order valence-corrected chi connectivity index (χ1v) is 9.74. The number of anilines is 1. The molecule has 3 heterocycles. The van der Waals surface area contributed by atoms with E-state index < -0.39 is 0 Å². The molecule has 0 bridgehead atoms. The second-order valence-corrected chi connectivity index (χ2v) is 7.68. The van der Waals surface area contributed by atoms with Crippen LogP contribution in [0.5, 0.6) is 0 Å². The highest BCUT2D eigenvalue weighted by Gasteiger charge is 2.22. The molecule has 1 aliphatic heterocycles. The zero-order chi connectivity index (χ0) is 19.8. The fourth-order valence-corrected chi connectivity index (χ4v) is 3.81. The van der Waals surface area contributed by atoms with Crippen LogP contribution in [0.4, 0.5) is 5.69 Å². The van der Waals surface area contributed by atoms with Gasteiger partial charge in [0.2, 0.25) is 5.91 Å². The number of hydrogen-bond acceptors (Lipinski definition) is 4. The van der Waals surface area contributed by atoms with Gasteiger partial charge in [-0.05, 0) is 43.2 Å². The van der Waals surface area contributed by atoms with Crippen LogP contribution in [0.25, 0.3) is 16.9 Å². The van der Waals surface area contributed by atoms with Crippen molar-refractivity contribution in [2.45, 2.75) is 27.3 Å². The summed E-state index contributed by atoms with van der Waals surface area (Å²) >= 11 is 0. The minimum Gasteiger partial charge on any atom is -0.398 e. The van der Waals surface area contributed by atoms with Crippen LogP contribution >= 0.6 is 0 Å². The minimum atomic E-state index is 0.151. The molecule has 146 valence electrons. The number of aryl methyl sites for hydroxylation is 2. The van der Waals surface area contributed by atoms with Gasteiger partial charge in [0.15, 0.2) is 0 Å². The number of amides is 1. The number of aromatic nitrogens is 2. The number of benzene rings is 1. The molecular formula is C22H27N5O. The highest BCUT2D eigenvalue weighted by molar-refractivity contribution is 5.73. The number of carbonyl (C=O) groups excluding carboxylic acids is 1. The lowest BCUT2D eigenvalue weighted by atomic mass is 10.0. The van der Waals surface area contributed by atoms with E-state index in [1.165, 1.54) is 11.1 Å². The molecule has 6 nitrogen and oxygen atoms in total. The summed E-state index contributed by atoms with van der Waals surface area (Å²) in [6, 6.07) is 10.4. The van der Waals surface area contributed by atoms with Crippen LogP contribution in [0.2, 0.25) is 0 Å². The molecule has 1 amide bonds. The molecule has 1 aliphatic rings. The molecule has 28 heavy (non-hydrogen) atoms. The van der Waals surface area contributed by atoms with Crippen LogP contribution in [0, 0.1) is 13.8 Å². The van der Waals surface area contributed by atoms with Crippen molar-refractivity contribution in [3.05, 3.63) is 53.3 Å². The summed E-state index contributed by atoms with van der Waals surface area (Å²) in [6.07, 6.45) is 1.95. The average molecular weight is 377 g/mol. The van der Waals surface area contributed by atoms with E-state index in [9.17, 15) is 4.79 Å². The number of nitrogen functional groups attached to an aromatic ring is 1. The predicted octanol–water partition coefficient (Wildman–Crippen LogP) is 2.86. The number of nitrogens with zero attached hydrogens (tertiary/aromatic N) is 4. The Kier molecular flexibility index (Phi) is 4.81. The Morgan fingerprint density at radius 2 is 1.82 bits per heavy atom. The zero-order valence-electron chi connectivity index (χ0n) is 16.8. The molecule has 2 aromatic heterocycles. The summed E-state index contributed by atoms with van der Waals surface area (Å²) in [6.45, 7) is 9.94.